The fraction of sp³-hybridized carbons (Fsp3) is 0.681. The van der Waals surface area contributed by atoms with Crippen LogP contribution in [0.4, 0.5) is 0 Å². The molecule has 0 saturated carbocycles. The van der Waals surface area contributed by atoms with Gasteiger partial charge in [0.15, 0.2) is 5.89 Å². The number of rotatable bonds is 0. The Bertz CT molecular complexity index is 1390. The lowest BCUT2D eigenvalue weighted by molar-refractivity contribution is 0.392. The van der Waals surface area contributed by atoms with Crippen molar-refractivity contribution >= 4 is 22.7 Å². The maximum absolute atomic E-state index is 5.44. The first-order valence-corrected chi connectivity index (χ1v) is 21.1. The quantitative estimate of drug-likeness (QED) is 0.179. The van der Waals surface area contributed by atoms with Crippen molar-refractivity contribution in [3.63, 3.8) is 0 Å². The number of aromatic nitrogens is 3. The van der Waals surface area contributed by atoms with Gasteiger partial charge in [0.25, 0.3) is 0 Å². The molecule has 0 N–H and O–H groups in total. The van der Waals surface area contributed by atoms with E-state index in [1.807, 2.05) is 0 Å². The van der Waals surface area contributed by atoms with Gasteiger partial charge in [0.05, 0.1) is 27.1 Å². The Morgan fingerprint density at radius 3 is 0.811 bits per heavy atom. The maximum Gasteiger partial charge on any atom is 0.199 e. The highest BCUT2D eigenvalue weighted by Crippen LogP contribution is 2.32. The minimum Gasteiger partial charge on any atom is -0.448 e. The minimum atomic E-state index is 0.00347. The number of benzene rings is 1. The Morgan fingerprint density at radius 2 is 0.660 bits per heavy atom. The van der Waals surface area contributed by atoms with Crippen molar-refractivity contribution in [2.24, 2.45) is 0 Å². The van der Waals surface area contributed by atoms with Crippen LogP contribution < -0.4 is 0 Å². The van der Waals surface area contributed by atoms with Crippen molar-refractivity contribution in [2.45, 2.75) is 209 Å². The molecule has 6 heteroatoms. The molecule has 0 aliphatic heterocycles. The first-order chi connectivity index (χ1) is 23.3. The van der Waals surface area contributed by atoms with Crippen LogP contribution in [0.25, 0.3) is 0 Å². The number of nitrogens with zero attached hydrogens (tertiary/aromatic N) is 3. The van der Waals surface area contributed by atoms with Gasteiger partial charge in [-0.25, -0.2) is 15.0 Å². The molecular weight excluding hydrogens is 687 g/mol. The number of thiazole rings is 2. The second-order valence-electron chi connectivity index (χ2n) is 22.7. The lowest BCUT2D eigenvalue weighted by Crippen LogP contribution is -2.15. The molecule has 0 unspecified atom stereocenters. The second kappa shape index (κ2) is 17.2. The zero-order valence-electron chi connectivity index (χ0n) is 38.6. The Labute approximate surface area is 335 Å². The second-order valence-corrected chi connectivity index (χ2v) is 24.4. The molecule has 0 bridgehead atoms. The average molecular weight is 766 g/mol. The molecule has 1 aromatic carbocycles. The number of hydrogen-bond donors (Lipinski definition) is 0. The highest BCUT2D eigenvalue weighted by molar-refractivity contribution is 7.10. The third-order valence-corrected chi connectivity index (χ3v) is 10.9. The summed E-state index contributed by atoms with van der Waals surface area (Å²) in [7, 11) is 0. The third kappa shape index (κ3) is 16.5. The number of hydrogen-bond acceptors (Lipinski definition) is 6. The predicted octanol–water partition coefficient (Wildman–Crippen LogP) is 15.0. The summed E-state index contributed by atoms with van der Waals surface area (Å²) >= 11 is 3.54. The SMILES string of the molecule is CC(C)(C)c1ccc(C(C)(C)C)cc1.CC(C)(C)c1coc(C(C)(C)C)n1.CC(C)(C)c1csc(C(C)(C)C)n1.CC(C)(C)c1csc(C(C)(C)C)n1. The van der Waals surface area contributed by atoms with Gasteiger partial charge in [-0.15, -0.1) is 22.7 Å². The Kier molecular flexibility index (Phi) is 15.8. The average Bonchev–Trinajstić information content (AvgIpc) is 3.72. The van der Waals surface area contributed by atoms with Crippen LogP contribution in [-0.2, 0) is 43.3 Å². The van der Waals surface area contributed by atoms with Crippen molar-refractivity contribution in [3.8, 4) is 0 Å². The standard InChI is InChI=1S/C14H22.C11H19NO.2C11H19NS/c1-13(2,3)11-7-9-12(10-8-11)14(4,5)6;3*1-10(2,3)8-7-13-9(12-8)11(4,5)6/h7-10H,1-6H3;3*7H,1-6H3. The first kappa shape index (κ1) is 48.7. The van der Waals surface area contributed by atoms with Crippen LogP contribution in [0.1, 0.15) is 210 Å². The molecule has 0 radical (unpaired) electrons. The topological polar surface area (TPSA) is 51.8 Å². The van der Waals surface area contributed by atoms with E-state index in [4.69, 9.17) is 4.42 Å². The molecule has 4 nitrogen and oxygen atoms in total. The fourth-order valence-electron chi connectivity index (χ4n) is 4.36. The van der Waals surface area contributed by atoms with Crippen molar-refractivity contribution in [3.05, 3.63) is 85.4 Å². The molecule has 300 valence electrons. The smallest absolute Gasteiger partial charge is 0.199 e. The zero-order chi connectivity index (χ0) is 41.8. The van der Waals surface area contributed by atoms with Gasteiger partial charge in [0, 0.05) is 43.3 Å². The summed E-state index contributed by atoms with van der Waals surface area (Å²) in [5, 5.41) is 6.83. The van der Waals surface area contributed by atoms with Crippen molar-refractivity contribution in [1.29, 1.82) is 0 Å². The number of oxazole rings is 1. The van der Waals surface area contributed by atoms with E-state index >= 15 is 0 Å². The van der Waals surface area contributed by atoms with Crippen molar-refractivity contribution < 1.29 is 4.42 Å². The molecular formula is C47H79N3OS2. The normalized spacial score (nSPS) is 13.3. The van der Waals surface area contributed by atoms with E-state index < -0.39 is 0 Å². The maximum atomic E-state index is 5.44. The van der Waals surface area contributed by atoms with Crippen LogP contribution in [0, 0.1) is 0 Å². The molecule has 0 aliphatic carbocycles. The largest absolute Gasteiger partial charge is 0.448 e. The lowest BCUT2D eigenvalue weighted by Gasteiger charge is -2.23. The Balaban J connectivity index is 0.000000354. The van der Waals surface area contributed by atoms with Crippen LogP contribution in [0.15, 0.2) is 45.7 Å². The van der Waals surface area contributed by atoms with Gasteiger partial charge in [-0.1, -0.05) is 190 Å². The van der Waals surface area contributed by atoms with E-state index in [1.165, 1.54) is 32.5 Å². The third-order valence-electron chi connectivity index (χ3n) is 8.36. The van der Waals surface area contributed by atoms with E-state index in [2.05, 4.69) is 216 Å². The molecule has 3 heterocycles. The monoisotopic (exact) mass is 766 g/mol. The van der Waals surface area contributed by atoms with Crippen molar-refractivity contribution in [1.82, 2.24) is 15.0 Å². The summed E-state index contributed by atoms with van der Waals surface area (Å²) in [4.78, 5) is 13.8. The molecule has 0 aliphatic rings. The highest BCUT2D eigenvalue weighted by atomic mass is 32.1. The van der Waals surface area contributed by atoms with E-state index in [1.54, 1.807) is 28.9 Å². The summed E-state index contributed by atoms with van der Waals surface area (Å²) in [6, 6.07) is 9.00. The minimum absolute atomic E-state index is 0.00347. The Morgan fingerprint density at radius 1 is 0.358 bits per heavy atom. The van der Waals surface area contributed by atoms with Gasteiger partial charge in [-0.2, -0.15) is 0 Å². The summed E-state index contributed by atoms with van der Waals surface area (Å²) in [5.41, 5.74) is 7.60. The van der Waals surface area contributed by atoms with E-state index in [-0.39, 0.29) is 43.3 Å². The molecule has 53 heavy (non-hydrogen) atoms. The summed E-state index contributed by atoms with van der Waals surface area (Å²) in [6.07, 6.45) is 1.76. The summed E-state index contributed by atoms with van der Waals surface area (Å²) in [5.74, 6) is 0.817. The predicted molar refractivity (Wildman–Crippen MR) is 237 cm³/mol. The van der Waals surface area contributed by atoms with Crippen LogP contribution >= 0.6 is 22.7 Å². The molecule has 0 atom stereocenters. The molecule has 4 aromatic rings. The molecule has 0 saturated heterocycles. The fourth-order valence-corrected chi connectivity index (χ4v) is 6.63. The van der Waals surface area contributed by atoms with E-state index in [9.17, 15) is 0 Å². The highest BCUT2D eigenvalue weighted by Gasteiger charge is 2.26. The van der Waals surface area contributed by atoms with Crippen LogP contribution in [0.5, 0.6) is 0 Å². The molecule has 0 spiro atoms. The van der Waals surface area contributed by atoms with Gasteiger partial charge >= 0.3 is 0 Å². The van der Waals surface area contributed by atoms with Crippen molar-refractivity contribution in [2.75, 3.05) is 0 Å². The van der Waals surface area contributed by atoms with Gasteiger partial charge < -0.3 is 4.42 Å². The van der Waals surface area contributed by atoms with Crippen LogP contribution in [0.2, 0.25) is 0 Å². The summed E-state index contributed by atoms with van der Waals surface area (Å²) < 4.78 is 5.44. The molecule has 3 aromatic heterocycles. The molecule has 0 amide bonds. The van der Waals surface area contributed by atoms with Crippen LogP contribution in [-0.4, -0.2) is 15.0 Å². The van der Waals surface area contributed by atoms with Gasteiger partial charge in [0.1, 0.15) is 6.26 Å². The van der Waals surface area contributed by atoms with E-state index in [0.29, 0.717) is 0 Å². The van der Waals surface area contributed by atoms with Gasteiger partial charge in [-0.05, 0) is 22.0 Å². The van der Waals surface area contributed by atoms with Gasteiger partial charge in [-0.3, -0.25) is 0 Å². The van der Waals surface area contributed by atoms with Gasteiger partial charge in [0.2, 0.25) is 0 Å². The van der Waals surface area contributed by atoms with E-state index in [0.717, 1.165) is 11.6 Å². The first-order valence-electron chi connectivity index (χ1n) is 19.3. The molecule has 0 fully saturated rings. The zero-order valence-corrected chi connectivity index (χ0v) is 40.2. The Hall–Kier alpha value is -2.31. The lowest BCUT2D eigenvalue weighted by atomic mass is 9.82. The molecule has 4 rings (SSSR count). The van der Waals surface area contributed by atoms with Crippen LogP contribution in [0.3, 0.4) is 0 Å². The summed E-state index contributed by atoms with van der Waals surface area (Å²) in [6.45, 7) is 52.7.